The summed E-state index contributed by atoms with van der Waals surface area (Å²) in [4.78, 5) is 0. The average Bonchev–Trinajstić information content (AvgIpc) is 1.95. The summed E-state index contributed by atoms with van der Waals surface area (Å²) in [7, 11) is 0. The lowest BCUT2D eigenvalue weighted by Crippen LogP contribution is -2.26. The molecule has 0 aliphatic heterocycles. The number of rotatable bonds is 5. The molecule has 0 N–H and O–H groups in total. The van der Waals surface area contributed by atoms with Crippen LogP contribution in [-0.4, -0.2) is 22.9 Å². The van der Waals surface area contributed by atoms with Crippen molar-refractivity contribution >= 4 is 5.71 Å². The topological polar surface area (TPSA) is 3.01 Å². The molecule has 0 saturated carbocycles. The highest BCUT2D eigenvalue weighted by Gasteiger charge is 2.11. The van der Waals surface area contributed by atoms with Gasteiger partial charge in [0.1, 0.15) is 18.3 Å². The summed E-state index contributed by atoms with van der Waals surface area (Å²) in [5.74, 6) is 0.839. The zero-order valence-corrected chi connectivity index (χ0v) is 10.2. The maximum atomic E-state index is 2.49. The monoisotopic (exact) mass is 184 g/mol. The first-order chi connectivity index (χ1) is 5.95. The first kappa shape index (κ1) is 12.7. The minimum atomic E-state index is 0.650. The fourth-order valence-corrected chi connectivity index (χ4v) is 1.67. The van der Waals surface area contributed by atoms with E-state index in [-0.39, 0.29) is 0 Å². The molecule has 0 heterocycles. The van der Waals surface area contributed by atoms with Crippen molar-refractivity contribution in [2.45, 2.75) is 60.4 Å². The van der Waals surface area contributed by atoms with Crippen LogP contribution in [0, 0.1) is 5.92 Å². The minimum absolute atomic E-state index is 0.650. The highest BCUT2D eigenvalue weighted by atomic mass is 15.0. The number of hydrogen-bond donors (Lipinski definition) is 0. The molecule has 0 rings (SSSR count). The van der Waals surface area contributed by atoms with Gasteiger partial charge in [-0.1, -0.05) is 13.8 Å². The van der Waals surface area contributed by atoms with Crippen LogP contribution in [-0.2, 0) is 0 Å². The molecule has 1 heteroatoms. The lowest BCUT2D eigenvalue weighted by molar-refractivity contribution is -0.560. The van der Waals surface area contributed by atoms with Crippen LogP contribution in [0.15, 0.2) is 0 Å². The smallest absolute Gasteiger partial charge is 0.147 e. The van der Waals surface area contributed by atoms with E-state index in [1.165, 1.54) is 25.1 Å². The predicted octanol–water partition coefficient (Wildman–Crippen LogP) is 3.32. The SMILES string of the molecule is CC(C)=[N+](CCCC(C)C)C(C)C. The predicted molar refractivity (Wildman–Crippen MR) is 60.7 cm³/mol. The number of hydrogen-bond acceptors (Lipinski definition) is 0. The minimum Gasteiger partial charge on any atom is -0.235 e. The van der Waals surface area contributed by atoms with E-state index in [0.717, 1.165) is 5.92 Å². The van der Waals surface area contributed by atoms with Crippen molar-refractivity contribution in [2.75, 3.05) is 6.54 Å². The van der Waals surface area contributed by atoms with Gasteiger partial charge in [-0.25, -0.2) is 4.58 Å². The molecule has 0 aromatic rings. The van der Waals surface area contributed by atoms with Crippen molar-refractivity contribution in [1.29, 1.82) is 0 Å². The fraction of sp³-hybridized carbons (Fsp3) is 0.917. The van der Waals surface area contributed by atoms with E-state index in [1.54, 1.807) is 0 Å². The van der Waals surface area contributed by atoms with E-state index in [0.29, 0.717) is 6.04 Å². The van der Waals surface area contributed by atoms with E-state index in [1.807, 2.05) is 0 Å². The Morgan fingerprint density at radius 3 is 1.92 bits per heavy atom. The molecule has 0 aromatic carbocycles. The van der Waals surface area contributed by atoms with Gasteiger partial charge in [0, 0.05) is 20.3 Å². The maximum absolute atomic E-state index is 2.49. The molecule has 0 bridgehead atoms. The van der Waals surface area contributed by atoms with E-state index in [9.17, 15) is 0 Å². The van der Waals surface area contributed by atoms with E-state index < -0.39 is 0 Å². The molecule has 0 unspecified atom stereocenters. The first-order valence-corrected chi connectivity index (χ1v) is 5.52. The Hall–Kier alpha value is -0.330. The summed E-state index contributed by atoms with van der Waals surface area (Å²) in [6, 6.07) is 0.650. The standard InChI is InChI=1S/C12H26N/c1-10(2)8-7-9-13(11(3)4)12(5)6/h10-11H,7-9H2,1-6H3/q+1. The second kappa shape index (κ2) is 6.17. The Balaban J connectivity index is 3.93. The summed E-state index contributed by atoms with van der Waals surface area (Å²) >= 11 is 0. The van der Waals surface area contributed by atoms with Gasteiger partial charge < -0.3 is 0 Å². The second-order valence-electron chi connectivity index (χ2n) is 4.77. The van der Waals surface area contributed by atoms with Crippen LogP contribution in [0.1, 0.15) is 54.4 Å². The molecule has 0 amide bonds. The normalized spacial score (nSPS) is 11.1. The third-order valence-electron chi connectivity index (χ3n) is 2.38. The molecular weight excluding hydrogens is 158 g/mol. The van der Waals surface area contributed by atoms with Crippen molar-refractivity contribution in [1.82, 2.24) is 0 Å². The van der Waals surface area contributed by atoms with E-state index in [2.05, 4.69) is 46.1 Å². The largest absolute Gasteiger partial charge is 0.235 e. The molecule has 0 radical (unpaired) electrons. The quantitative estimate of drug-likeness (QED) is 0.455. The van der Waals surface area contributed by atoms with Crippen LogP contribution in [0.2, 0.25) is 0 Å². The average molecular weight is 184 g/mol. The van der Waals surface area contributed by atoms with Crippen molar-refractivity contribution in [3.05, 3.63) is 0 Å². The third-order valence-corrected chi connectivity index (χ3v) is 2.38. The molecule has 0 saturated heterocycles. The Labute approximate surface area is 83.9 Å². The molecule has 0 aromatic heterocycles. The van der Waals surface area contributed by atoms with Crippen molar-refractivity contribution < 1.29 is 4.58 Å². The van der Waals surface area contributed by atoms with Gasteiger partial charge in [0.05, 0.1) is 0 Å². The summed E-state index contributed by atoms with van der Waals surface area (Å²) in [6.07, 6.45) is 2.66. The second-order valence-corrected chi connectivity index (χ2v) is 4.77. The van der Waals surface area contributed by atoms with Gasteiger partial charge in [0.25, 0.3) is 0 Å². The van der Waals surface area contributed by atoms with Crippen LogP contribution >= 0.6 is 0 Å². The van der Waals surface area contributed by atoms with Crippen molar-refractivity contribution in [3.8, 4) is 0 Å². The molecule has 13 heavy (non-hydrogen) atoms. The zero-order chi connectivity index (χ0) is 10.4. The first-order valence-electron chi connectivity index (χ1n) is 5.52. The highest BCUT2D eigenvalue weighted by molar-refractivity contribution is 5.73. The third kappa shape index (κ3) is 5.84. The van der Waals surface area contributed by atoms with Gasteiger partial charge in [0.2, 0.25) is 0 Å². The lowest BCUT2D eigenvalue weighted by atomic mass is 10.1. The van der Waals surface area contributed by atoms with Crippen molar-refractivity contribution in [2.24, 2.45) is 5.92 Å². The van der Waals surface area contributed by atoms with Crippen LogP contribution in [0.4, 0.5) is 0 Å². The Morgan fingerprint density at radius 1 is 1.08 bits per heavy atom. The summed E-state index contributed by atoms with van der Waals surface area (Å²) in [5, 5.41) is 0. The van der Waals surface area contributed by atoms with Gasteiger partial charge in [-0.05, 0) is 26.2 Å². The molecule has 0 spiro atoms. The molecular formula is C12H26N+. The fourth-order valence-electron chi connectivity index (χ4n) is 1.67. The van der Waals surface area contributed by atoms with Gasteiger partial charge in [-0.15, -0.1) is 0 Å². The van der Waals surface area contributed by atoms with E-state index in [4.69, 9.17) is 0 Å². The van der Waals surface area contributed by atoms with Gasteiger partial charge in [0.15, 0.2) is 0 Å². The Kier molecular flexibility index (Phi) is 6.02. The van der Waals surface area contributed by atoms with Gasteiger partial charge >= 0.3 is 0 Å². The lowest BCUT2D eigenvalue weighted by Gasteiger charge is -2.10. The molecule has 0 fully saturated rings. The number of nitrogens with zero attached hydrogens (tertiary/aromatic N) is 1. The summed E-state index contributed by atoms with van der Waals surface area (Å²) in [6.45, 7) is 14.7. The van der Waals surface area contributed by atoms with Crippen LogP contribution < -0.4 is 0 Å². The molecule has 0 aliphatic rings. The maximum Gasteiger partial charge on any atom is 0.147 e. The Morgan fingerprint density at radius 2 is 1.62 bits per heavy atom. The highest BCUT2D eigenvalue weighted by Crippen LogP contribution is 2.04. The van der Waals surface area contributed by atoms with Crippen LogP contribution in [0.5, 0.6) is 0 Å². The molecule has 0 atom stereocenters. The van der Waals surface area contributed by atoms with Gasteiger partial charge in [-0.3, -0.25) is 0 Å². The van der Waals surface area contributed by atoms with Crippen LogP contribution in [0.25, 0.3) is 0 Å². The van der Waals surface area contributed by atoms with Gasteiger partial charge in [-0.2, -0.15) is 0 Å². The summed E-state index contributed by atoms with van der Waals surface area (Å²) < 4.78 is 2.49. The van der Waals surface area contributed by atoms with Crippen LogP contribution in [0.3, 0.4) is 0 Å². The Bertz CT molecular complexity index is 162. The molecule has 1 nitrogen and oxygen atoms in total. The zero-order valence-electron chi connectivity index (χ0n) is 10.2. The van der Waals surface area contributed by atoms with Crippen molar-refractivity contribution in [3.63, 3.8) is 0 Å². The summed E-state index contributed by atoms with van der Waals surface area (Å²) in [5.41, 5.74) is 1.44. The molecule has 0 aliphatic carbocycles. The molecule has 78 valence electrons. The van der Waals surface area contributed by atoms with E-state index >= 15 is 0 Å².